The second-order valence-electron chi connectivity index (χ2n) is 4.48. The van der Waals surface area contributed by atoms with Crippen molar-refractivity contribution < 1.29 is 9.18 Å². The van der Waals surface area contributed by atoms with Crippen LogP contribution in [0.4, 0.5) is 4.39 Å². The Hall–Kier alpha value is -1.72. The minimum Gasteiger partial charge on any atom is -0.337 e. The van der Waals surface area contributed by atoms with Crippen LogP contribution in [0, 0.1) is 5.82 Å². The predicted molar refractivity (Wildman–Crippen MR) is 78.7 cm³/mol. The molecule has 0 aliphatic rings. The largest absolute Gasteiger partial charge is 0.337 e. The fourth-order valence-corrected chi connectivity index (χ4v) is 2.71. The summed E-state index contributed by atoms with van der Waals surface area (Å²) in [6.45, 7) is 2.79. The Labute approximate surface area is 121 Å². The lowest BCUT2D eigenvalue weighted by Crippen LogP contribution is -2.37. The molecule has 2 N–H and O–H groups in total. The number of likely N-dealkylation sites (N-methyl/N-ethyl adjacent to an activating group) is 1. The highest BCUT2D eigenvalue weighted by molar-refractivity contribution is 7.10. The lowest BCUT2D eigenvalue weighted by molar-refractivity contribution is -0.133. The third-order valence-corrected chi connectivity index (χ3v) is 4.03. The van der Waals surface area contributed by atoms with Gasteiger partial charge < -0.3 is 10.6 Å². The number of thiophene rings is 1. The van der Waals surface area contributed by atoms with Gasteiger partial charge in [0.05, 0.1) is 0 Å². The van der Waals surface area contributed by atoms with E-state index >= 15 is 0 Å². The summed E-state index contributed by atoms with van der Waals surface area (Å²) >= 11 is 1.46. The first kappa shape index (κ1) is 14.7. The van der Waals surface area contributed by atoms with Crippen LogP contribution in [0.3, 0.4) is 0 Å². The van der Waals surface area contributed by atoms with E-state index in [0.717, 1.165) is 10.4 Å². The molecule has 1 heterocycles. The van der Waals surface area contributed by atoms with Gasteiger partial charge >= 0.3 is 0 Å². The number of rotatable bonds is 5. The molecule has 1 aromatic heterocycles. The van der Waals surface area contributed by atoms with Crippen LogP contribution in [-0.4, -0.2) is 17.4 Å². The van der Waals surface area contributed by atoms with E-state index < -0.39 is 6.04 Å². The molecule has 1 amide bonds. The molecule has 0 bridgehead atoms. The van der Waals surface area contributed by atoms with E-state index in [1.165, 1.54) is 23.5 Å². The summed E-state index contributed by atoms with van der Waals surface area (Å²) in [4.78, 5) is 14.9. The summed E-state index contributed by atoms with van der Waals surface area (Å²) in [5.41, 5.74) is 6.75. The topological polar surface area (TPSA) is 46.3 Å². The molecule has 20 heavy (non-hydrogen) atoms. The summed E-state index contributed by atoms with van der Waals surface area (Å²) < 4.78 is 13.2. The third kappa shape index (κ3) is 3.43. The van der Waals surface area contributed by atoms with E-state index in [-0.39, 0.29) is 11.7 Å². The van der Waals surface area contributed by atoms with Crippen LogP contribution in [0.5, 0.6) is 0 Å². The molecule has 0 fully saturated rings. The number of nitrogens with two attached hydrogens (primary N) is 1. The molecule has 0 spiro atoms. The van der Waals surface area contributed by atoms with E-state index in [2.05, 4.69) is 0 Å². The number of amides is 1. The van der Waals surface area contributed by atoms with Crippen molar-refractivity contribution in [3.8, 4) is 0 Å². The van der Waals surface area contributed by atoms with Crippen LogP contribution < -0.4 is 5.73 Å². The van der Waals surface area contributed by atoms with Crippen molar-refractivity contribution >= 4 is 17.2 Å². The first-order chi connectivity index (χ1) is 9.61. The van der Waals surface area contributed by atoms with Gasteiger partial charge in [0.15, 0.2) is 0 Å². The van der Waals surface area contributed by atoms with Crippen LogP contribution in [-0.2, 0) is 11.3 Å². The average Bonchev–Trinajstić information content (AvgIpc) is 2.97. The quantitative estimate of drug-likeness (QED) is 0.921. The van der Waals surface area contributed by atoms with Crippen LogP contribution in [0.25, 0.3) is 0 Å². The Morgan fingerprint density at radius 3 is 2.80 bits per heavy atom. The monoisotopic (exact) mass is 292 g/mol. The fourth-order valence-electron chi connectivity index (χ4n) is 1.99. The number of hydrogen-bond donors (Lipinski definition) is 1. The SMILES string of the molecule is CCN(Cc1cccc(F)c1)C(=O)C(N)c1cccs1. The maximum absolute atomic E-state index is 13.2. The normalized spacial score (nSPS) is 12.2. The Morgan fingerprint density at radius 1 is 1.40 bits per heavy atom. The molecule has 0 aliphatic carbocycles. The van der Waals surface area contributed by atoms with Gasteiger partial charge in [-0.1, -0.05) is 18.2 Å². The highest BCUT2D eigenvalue weighted by Gasteiger charge is 2.22. The van der Waals surface area contributed by atoms with Gasteiger partial charge in [0, 0.05) is 18.0 Å². The molecule has 3 nitrogen and oxygen atoms in total. The predicted octanol–water partition coefficient (Wildman–Crippen LogP) is 2.94. The van der Waals surface area contributed by atoms with Crippen molar-refractivity contribution in [2.45, 2.75) is 19.5 Å². The molecular weight excluding hydrogens is 275 g/mol. The number of hydrogen-bond acceptors (Lipinski definition) is 3. The summed E-state index contributed by atoms with van der Waals surface area (Å²) in [5, 5.41) is 1.89. The summed E-state index contributed by atoms with van der Waals surface area (Å²) in [5.74, 6) is -0.437. The first-order valence-electron chi connectivity index (χ1n) is 6.44. The minimum atomic E-state index is -0.650. The standard InChI is InChI=1S/C15H17FN2OS/c1-2-18(10-11-5-3-6-12(16)9-11)15(19)14(17)13-7-4-8-20-13/h3-9,14H,2,10,17H2,1H3. The fraction of sp³-hybridized carbons (Fsp3) is 0.267. The number of carbonyl (C=O) groups excluding carboxylic acids is 1. The molecule has 0 aliphatic heterocycles. The van der Waals surface area contributed by atoms with Crippen molar-refractivity contribution in [2.24, 2.45) is 5.73 Å². The number of benzene rings is 1. The van der Waals surface area contributed by atoms with E-state index in [1.807, 2.05) is 24.4 Å². The summed E-state index contributed by atoms with van der Waals surface area (Å²) in [7, 11) is 0. The molecule has 0 saturated carbocycles. The molecule has 1 aromatic carbocycles. The zero-order valence-corrected chi connectivity index (χ0v) is 12.1. The van der Waals surface area contributed by atoms with Crippen molar-refractivity contribution in [1.29, 1.82) is 0 Å². The Kier molecular flexibility index (Phi) is 4.87. The van der Waals surface area contributed by atoms with Crippen LogP contribution in [0.1, 0.15) is 23.4 Å². The second-order valence-corrected chi connectivity index (χ2v) is 5.45. The van der Waals surface area contributed by atoms with Crippen LogP contribution in [0.2, 0.25) is 0 Å². The molecular formula is C15H17FN2OS. The molecule has 106 valence electrons. The molecule has 1 atom stereocenters. The Bertz CT molecular complexity index is 571. The van der Waals surface area contributed by atoms with Crippen molar-refractivity contribution in [1.82, 2.24) is 4.90 Å². The van der Waals surface area contributed by atoms with Crippen LogP contribution >= 0.6 is 11.3 Å². The minimum absolute atomic E-state index is 0.140. The van der Waals surface area contributed by atoms with Gasteiger partial charge in [-0.2, -0.15) is 0 Å². The van der Waals surface area contributed by atoms with Crippen molar-refractivity contribution in [3.05, 3.63) is 58.0 Å². The van der Waals surface area contributed by atoms with Gasteiger partial charge in [0.25, 0.3) is 0 Å². The lowest BCUT2D eigenvalue weighted by Gasteiger charge is -2.24. The lowest BCUT2D eigenvalue weighted by atomic mass is 10.1. The maximum Gasteiger partial charge on any atom is 0.245 e. The molecule has 2 rings (SSSR count). The van der Waals surface area contributed by atoms with Gasteiger partial charge in [-0.15, -0.1) is 11.3 Å². The number of carbonyl (C=O) groups is 1. The third-order valence-electron chi connectivity index (χ3n) is 3.07. The van der Waals surface area contributed by atoms with E-state index in [4.69, 9.17) is 5.73 Å². The average molecular weight is 292 g/mol. The highest BCUT2D eigenvalue weighted by Crippen LogP contribution is 2.20. The molecule has 0 radical (unpaired) electrons. The zero-order chi connectivity index (χ0) is 14.5. The maximum atomic E-state index is 13.2. The Balaban J connectivity index is 2.10. The number of halogens is 1. The van der Waals surface area contributed by atoms with E-state index in [9.17, 15) is 9.18 Å². The highest BCUT2D eigenvalue weighted by atomic mass is 32.1. The Morgan fingerprint density at radius 2 is 2.20 bits per heavy atom. The molecule has 2 aromatic rings. The molecule has 5 heteroatoms. The smallest absolute Gasteiger partial charge is 0.245 e. The summed E-state index contributed by atoms with van der Waals surface area (Å²) in [6.07, 6.45) is 0. The van der Waals surface area contributed by atoms with Crippen LogP contribution in [0.15, 0.2) is 41.8 Å². The molecule has 0 saturated heterocycles. The second kappa shape index (κ2) is 6.63. The van der Waals surface area contributed by atoms with Gasteiger partial charge in [0.1, 0.15) is 11.9 Å². The van der Waals surface area contributed by atoms with Gasteiger partial charge in [-0.25, -0.2) is 4.39 Å². The van der Waals surface area contributed by atoms with Gasteiger partial charge in [-0.3, -0.25) is 4.79 Å². The van der Waals surface area contributed by atoms with E-state index in [0.29, 0.717) is 13.1 Å². The number of nitrogens with zero attached hydrogens (tertiary/aromatic N) is 1. The van der Waals surface area contributed by atoms with E-state index in [1.54, 1.807) is 17.0 Å². The molecule has 1 unspecified atom stereocenters. The van der Waals surface area contributed by atoms with Crippen molar-refractivity contribution in [2.75, 3.05) is 6.54 Å². The van der Waals surface area contributed by atoms with Gasteiger partial charge in [0.2, 0.25) is 5.91 Å². The first-order valence-corrected chi connectivity index (χ1v) is 7.32. The van der Waals surface area contributed by atoms with Crippen molar-refractivity contribution in [3.63, 3.8) is 0 Å². The van der Waals surface area contributed by atoms with Gasteiger partial charge in [-0.05, 0) is 36.1 Å². The zero-order valence-electron chi connectivity index (χ0n) is 11.3. The summed E-state index contributed by atoms with van der Waals surface area (Å²) in [6, 6.07) is 9.34.